The van der Waals surface area contributed by atoms with E-state index in [0.717, 1.165) is 32.7 Å². The summed E-state index contributed by atoms with van der Waals surface area (Å²) >= 11 is 0. The summed E-state index contributed by atoms with van der Waals surface area (Å²) in [5.74, 6) is -0.0466. The van der Waals surface area contributed by atoms with E-state index < -0.39 is 0 Å². The van der Waals surface area contributed by atoms with Gasteiger partial charge >= 0.3 is 0 Å². The number of amides is 1. The summed E-state index contributed by atoms with van der Waals surface area (Å²) in [6.45, 7) is 7.97. The van der Waals surface area contributed by atoms with Crippen LogP contribution in [0.3, 0.4) is 0 Å². The zero-order chi connectivity index (χ0) is 21.8. The summed E-state index contributed by atoms with van der Waals surface area (Å²) in [6, 6.07) is 21.9. The van der Waals surface area contributed by atoms with Crippen molar-refractivity contribution in [2.75, 3.05) is 31.5 Å². The van der Waals surface area contributed by atoms with Crippen LogP contribution >= 0.6 is 0 Å². The zero-order valence-electron chi connectivity index (χ0n) is 18.2. The fourth-order valence-electron chi connectivity index (χ4n) is 4.21. The van der Waals surface area contributed by atoms with Crippen LogP contribution in [0.25, 0.3) is 10.8 Å². The summed E-state index contributed by atoms with van der Waals surface area (Å²) < 4.78 is 0. The number of fused-ring (bicyclic) bond motifs is 1. The zero-order valence-corrected chi connectivity index (χ0v) is 18.2. The van der Waals surface area contributed by atoms with Gasteiger partial charge in [-0.3, -0.25) is 19.4 Å². The predicted octanol–water partition coefficient (Wildman–Crippen LogP) is 4.19. The van der Waals surface area contributed by atoms with Gasteiger partial charge in [-0.05, 0) is 42.3 Å². The minimum atomic E-state index is -0.222. The van der Waals surface area contributed by atoms with E-state index in [1.54, 1.807) is 18.2 Å². The molecule has 3 aromatic rings. The molecule has 4 rings (SSSR count). The Labute approximate surface area is 183 Å². The van der Waals surface area contributed by atoms with Crippen molar-refractivity contribution in [3.8, 4) is 0 Å². The van der Waals surface area contributed by atoms with E-state index in [2.05, 4.69) is 57.6 Å². The highest BCUT2D eigenvalue weighted by Crippen LogP contribution is 2.21. The third-order valence-corrected chi connectivity index (χ3v) is 6.14. The number of rotatable bonds is 6. The average molecular weight is 416 g/mol. The molecule has 1 N–H and O–H groups in total. The normalized spacial score (nSPS) is 16.2. The van der Waals surface area contributed by atoms with Crippen LogP contribution in [-0.4, -0.2) is 53.7 Å². The molecule has 0 aromatic heterocycles. The number of Topliss-reactive ketones (excluding diaryl/α,β-unsaturated/α-hetero) is 1. The van der Waals surface area contributed by atoms with Crippen LogP contribution in [0, 0.1) is 0 Å². The molecule has 0 aliphatic carbocycles. The predicted molar refractivity (Wildman–Crippen MR) is 125 cm³/mol. The van der Waals surface area contributed by atoms with Crippen molar-refractivity contribution in [3.05, 3.63) is 77.9 Å². The van der Waals surface area contributed by atoms with Crippen molar-refractivity contribution < 1.29 is 9.59 Å². The first-order chi connectivity index (χ1) is 15.0. The third kappa shape index (κ3) is 5.01. The Balaban J connectivity index is 1.33. The molecule has 160 valence electrons. The Morgan fingerprint density at radius 1 is 0.935 bits per heavy atom. The molecule has 1 amide bonds. The molecule has 1 aliphatic rings. The van der Waals surface area contributed by atoms with Gasteiger partial charge in [-0.1, -0.05) is 54.6 Å². The summed E-state index contributed by atoms with van der Waals surface area (Å²) in [6.07, 6.45) is 0. The number of benzene rings is 3. The van der Waals surface area contributed by atoms with Crippen molar-refractivity contribution >= 4 is 28.2 Å². The summed E-state index contributed by atoms with van der Waals surface area (Å²) in [5.41, 5.74) is 2.62. The SMILES string of the molecule is CC(=O)c1cccc(NC(=O)[C@H](C)N2CCN(Cc3cccc4ccccc34)CC2)c1. The van der Waals surface area contributed by atoms with Crippen molar-refractivity contribution in [3.63, 3.8) is 0 Å². The van der Waals surface area contributed by atoms with Gasteiger partial charge in [0, 0.05) is 44.0 Å². The standard InChI is InChI=1S/C26H29N3O2/c1-19(26(31)27-24-11-6-9-22(17-24)20(2)30)29-15-13-28(14-16-29)18-23-10-5-8-21-7-3-4-12-25(21)23/h3-12,17,19H,13-16,18H2,1-2H3,(H,27,31)/t19-/m0/s1. The molecule has 1 atom stereocenters. The molecule has 5 heteroatoms. The number of carbonyl (C=O) groups is 2. The minimum absolute atomic E-state index is 0.00790. The topological polar surface area (TPSA) is 52.7 Å². The van der Waals surface area contributed by atoms with E-state index in [1.165, 1.54) is 23.3 Å². The van der Waals surface area contributed by atoms with Crippen LogP contribution in [0.15, 0.2) is 66.7 Å². The minimum Gasteiger partial charge on any atom is -0.325 e. The van der Waals surface area contributed by atoms with Gasteiger partial charge < -0.3 is 5.32 Å². The van der Waals surface area contributed by atoms with Gasteiger partial charge in [0.1, 0.15) is 0 Å². The van der Waals surface area contributed by atoms with Crippen LogP contribution in [-0.2, 0) is 11.3 Å². The summed E-state index contributed by atoms with van der Waals surface area (Å²) in [4.78, 5) is 29.0. The van der Waals surface area contributed by atoms with Crippen molar-refractivity contribution in [2.45, 2.75) is 26.4 Å². The first kappa shape index (κ1) is 21.2. The van der Waals surface area contributed by atoms with Crippen molar-refractivity contribution in [2.24, 2.45) is 0 Å². The fourth-order valence-corrected chi connectivity index (χ4v) is 4.21. The molecule has 31 heavy (non-hydrogen) atoms. The van der Waals surface area contributed by atoms with Crippen LogP contribution < -0.4 is 5.32 Å². The summed E-state index contributed by atoms with van der Waals surface area (Å²) in [7, 11) is 0. The number of ketones is 1. The molecule has 0 spiro atoms. The van der Waals surface area contributed by atoms with Gasteiger partial charge in [0.05, 0.1) is 6.04 Å². The van der Waals surface area contributed by atoms with Crippen LogP contribution in [0.1, 0.15) is 29.8 Å². The number of carbonyl (C=O) groups excluding carboxylic acids is 2. The van der Waals surface area contributed by atoms with Crippen LogP contribution in [0.4, 0.5) is 5.69 Å². The van der Waals surface area contributed by atoms with Crippen LogP contribution in [0.5, 0.6) is 0 Å². The Kier molecular flexibility index (Phi) is 6.44. The molecular formula is C26H29N3O2. The number of nitrogens with zero attached hydrogens (tertiary/aromatic N) is 2. The molecule has 1 heterocycles. The second-order valence-electron chi connectivity index (χ2n) is 8.25. The molecule has 0 saturated carbocycles. The van der Waals surface area contributed by atoms with Gasteiger partial charge in [0.15, 0.2) is 5.78 Å². The van der Waals surface area contributed by atoms with E-state index in [-0.39, 0.29) is 17.7 Å². The maximum atomic E-state index is 12.8. The number of hydrogen-bond acceptors (Lipinski definition) is 4. The molecule has 0 bridgehead atoms. The molecule has 1 aliphatic heterocycles. The Bertz CT molecular complexity index is 1080. The summed E-state index contributed by atoms with van der Waals surface area (Å²) in [5, 5.41) is 5.55. The lowest BCUT2D eigenvalue weighted by molar-refractivity contribution is -0.121. The Morgan fingerprint density at radius 3 is 2.42 bits per heavy atom. The second-order valence-corrected chi connectivity index (χ2v) is 8.25. The highest BCUT2D eigenvalue weighted by atomic mass is 16.2. The van der Waals surface area contributed by atoms with E-state index in [4.69, 9.17) is 0 Å². The molecule has 1 fully saturated rings. The molecule has 5 nitrogen and oxygen atoms in total. The van der Waals surface area contributed by atoms with E-state index in [0.29, 0.717) is 11.3 Å². The average Bonchev–Trinajstić information content (AvgIpc) is 2.79. The first-order valence-corrected chi connectivity index (χ1v) is 10.9. The van der Waals surface area contributed by atoms with Crippen molar-refractivity contribution in [1.82, 2.24) is 9.80 Å². The lowest BCUT2D eigenvalue weighted by Gasteiger charge is -2.37. The lowest BCUT2D eigenvalue weighted by Crippen LogP contribution is -2.52. The number of piperazine rings is 1. The second kappa shape index (κ2) is 9.41. The van der Waals surface area contributed by atoms with Gasteiger partial charge in [0.2, 0.25) is 5.91 Å². The highest BCUT2D eigenvalue weighted by molar-refractivity contribution is 5.98. The largest absolute Gasteiger partial charge is 0.325 e. The monoisotopic (exact) mass is 415 g/mol. The number of nitrogens with one attached hydrogen (secondary N) is 1. The Morgan fingerprint density at radius 2 is 1.65 bits per heavy atom. The maximum absolute atomic E-state index is 12.8. The van der Waals surface area contributed by atoms with Crippen LogP contribution in [0.2, 0.25) is 0 Å². The smallest absolute Gasteiger partial charge is 0.241 e. The molecular weight excluding hydrogens is 386 g/mol. The van der Waals surface area contributed by atoms with Gasteiger partial charge in [-0.2, -0.15) is 0 Å². The lowest BCUT2D eigenvalue weighted by atomic mass is 10.0. The number of anilines is 1. The number of hydrogen-bond donors (Lipinski definition) is 1. The quantitative estimate of drug-likeness (QED) is 0.614. The molecule has 3 aromatic carbocycles. The van der Waals surface area contributed by atoms with Gasteiger partial charge in [-0.25, -0.2) is 0 Å². The Hall–Kier alpha value is -3.02. The maximum Gasteiger partial charge on any atom is 0.241 e. The van der Waals surface area contributed by atoms with E-state index >= 15 is 0 Å². The van der Waals surface area contributed by atoms with E-state index in [1.807, 2.05) is 13.0 Å². The first-order valence-electron chi connectivity index (χ1n) is 10.9. The van der Waals surface area contributed by atoms with E-state index in [9.17, 15) is 9.59 Å². The molecule has 0 unspecified atom stereocenters. The van der Waals surface area contributed by atoms with Gasteiger partial charge in [0.25, 0.3) is 0 Å². The van der Waals surface area contributed by atoms with Gasteiger partial charge in [-0.15, -0.1) is 0 Å². The third-order valence-electron chi connectivity index (χ3n) is 6.14. The fraction of sp³-hybridized carbons (Fsp3) is 0.308. The molecule has 1 saturated heterocycles. The molecule has 0 radical (unpaired) electrons. The highest BCUT2D eigenvalue weighted by Gasteiger charge is 2.26. The van der Waals surface area contributed by atoms with Crippen molar-refractivity contribution in [1.29, 1.82) is 0 Å².